The standard InChI is InChI=1S/C22H26N2O3/c1-5-26-22(25)18-10-17-16-8-6-7-9-19(16)23(4)20(17)11-21(18)24-12-14(2)27-15(3)13-24/h6-11,14-15H,5,12-13H2,1-4H3. The van der Waals surface area contributed by atoms with Crippen molar-refractivity contribution in [2.24, 2.45) is 7.05 Å². The Bertz CT molecular complexity index is 998. The lowest BCUT2D eigenvalue weighted by Crippen LogP contribution is -2.46. The van der Waals surface area contributed by atoms with E-state index in [2.05, 4.69) is 48.6 Å². The van der Waals surface area contributed by atoms with Crippen molar-refractivity contribution in [3.05, 3.63) is 42.0 Å². The van der Waals surface area contributed by atoms with Crippen LogP contribution in [0.5, 0.6) is 0 Å². The van der Waals surface area contributed by atoms with Crippen LogP contribution in [0.15, 0.2) is 36.4 Å². The van der Waals surface area contributed by atoms with Gasteiger partial charge in [0.25, 0.3) is 0 Å². The van der Waals surface area contributed by atoms with Gasteiger partial charge in [-0.3, -0.25) is 0 Å². The van der Waals surface area contributed by atoms with Crippen molar-refractivity contribution >= 4 is 33.5 Å². The van der Waals surface area contributed by atoms with Crippen LogP contribution < -0.4 is 4.90 Å². The van der Waals surface area contributed by atoms with Gasteiger partial charge in [0.05, 0.1) is 35.6 Å². The first-order valence-electron chi connectivity index (χ1n) is 9.58. The highest BCUT2D eigenvalue weighted by Crippen LogP contribution is 2.35. The number of hydrogen-bond donors (Lipinski definition) is 0. The van der Waals surface area contributed by atoms with Crippen molar-refractivity contribution in [1.82, 2.24) is 4.57 Å². The molecule has 27 heavy (non-hydrogen) atoms. The molecule has 0 saturated carbocycles. The van der Waals surface area contributed by atoms with Gasteiger partial charge in [-0.05, 0) is 39.0 Å². The molecule has 3 aromatic rings. The van der Waals surface area contributed by atoms with Gasteiger partial charge < -0.3 is 18.9 Å². The summed E-state index contributed by atoms with van der Waals surface area (Å²) in [5, 5.41) is 2.23. The summed E-state index contributed by atoms with van der Waals surface area (Å²) in [5.74, 6) is -0.269. The fourth-order valence-corrected chi connectivity index (χ4v) is 4.20. The summed E-state index contributed by atoms with van der Waals surface area (Å²) in [6.07, 6.45) is 0.235. The van der Waals surface area contributed by atoms with Crippen molar-refractivity contribution in [2.45, 2.75) is 33.0 Å². The molecule has 142 valence electrons. The smallest absolute Gasteiger partial charge is 0.340 e. The monoisotopic (exact) mass is 366 g/mol. The van der Waals surface area contributed by atoms with E-state index in [4.69, 9.17) is 9.47 Å². The SMILES string of the molecule is CCOC(=O)c1cc2c3ccccc3n(C)c2cc1N1CC(C)OC(C)C1. The average Bonchev–Trinajstić information content (AvgIpc) is 2.92. The molecule has 1 aliphatic heterocycles. The minimum Gasteiger partial charge on any atom is -0.462 e. The third-order valence-corrected chi connectivity index (χ3v) is 5.29. The number of morpholine rings is 1. The lowest BCUT2D eigenvalue weighted by atomic mass is 10.0. The quantitative estimate of drug-likeness (QED) is 0.654. The summed E-state index contributed by atoms with van der Waals surface area (Å²) < 4.78 is 13.4. The lowest BCUT2D eigenvalue weighted by Gasteiger charge is -2.37. The van der Waals surface area contributed by atoms with Crippen molar-refractivity contribution < 1.29 is 14.3 Å². The Labute approximate surface area is 159 Å². The summed E-state index contributed by atoms with van der Waals surface area (Å²) in [7, 11) is 2.07. The third-order valence-electron chi connectivity index (χ3n) is 5.29. The van der Waals surface area contributed by atoms with Gasteiger partial charge >= 0.3 is 5.97 Å². The number of aromatic nitrogens is 1. The summed E-state index contributed by atoms with van der Waals surface area (Å²) in [4.78, 5) is 15.0. The number of benzene rings is 2. The molecule has 1 fully saturated rings. The van der Waals surface area contributed by atoms with E-state index in [1.807, 2.05) is 25.1 Å². The first-order valence-corrected chi connectivity index (χ1v) is 9.58. The molecule has 2 heterocycles. The fraction of sp³-hybridized carbons (Fsp3) is 0.409. The van der Waals surface area contributed by atoms with Crippen molar-refractivity contribution in [2.75, 3.05) is 24.6 Å². The van der Waals surface area contributed by atoms with E-state index < -0.39 is 0 Å². The number of ether oxygens (including phenoxy) is 2. The molecule has 0 radical (unpaired) electrons. The van der Waals surface area contributed by atoms with Crippen molar-refractivity contribution in [1.29, 1.82) is 0 Å². The second-order valence-electron chi connectivity index (χ2n) is 7.35. The number of para-hydroxylation sites is 1. The first kappa shape index (κ1) is 17.9. The Kier molecular flexibility index (Phi) is 4.56. The number of rotatable bonds is 3. The Morgan fingerprint density at radius 1 is 1.11 bits per heavy atom. The van der Waals surface area contributed by atoms with E-state index in [0.717, 1.165) is 40.6 Å². The molecule has 2 atom stereocenters. The van der Waals surface area contributed by atoms with Crippen LogP contribution in [0.4, 0.5) is 5.69 Å². The van der Waals surface area contributed by atoms with E-state index in [9.17, 15) is 4.79 Å². The number of fused-ring (bicyclic) bond motifs is 3. The van der Waals surface area contributed by atoms with Crippen LogP contribution in [-0.4, -0.2) is 42.4 Å². The normalized spacial score (nSPS) is 20.4. The molecule has 1 aromatic heterocycles. The highest BCUT2D eigenvalue weighted by atomic mass is 16.5. The van der Waals surface area contributed by atoms with Crippen LogP contribution in [-0.2, 0) is 16.5 Å². The molecule has 0 amide bonds. The highest BCUT2D eigenvalue weighted by Gasteiger charge is 2.27. The van der Waals surface area contributed by atoms with Gasteiger partial charge in [0, 0.05) is 36.4 Å². The number of anilines is 1. The number of carbonyl (C=O) groups excluding carboxylic acids is 1. The van der Waals surface area contributed by atoms with Crippen LogP contribution in [0.2, 0.25) is 0 Å². The van der Waals surface area contributed by atoms with Gasteiger partial charge in [0.2, 0.25) is 0 Å². The third kappa shape index (κ3) is 3.06. The second-order valence-corrected chi connectivity index (χ2v) is 7.35. The molecule has 0 bridgehead atoms. The molecule has 1 aliphatic rings. The first-order chi connectivity index (χ1) is 13.0. The van der Waals surface area contributed by atoms with Crippen LogP contribution in [0.1, 0.15) is 31.1 Å². The van der Waals surface area contributed by atoms with E-state index in [-0.39, 0.29) is 18.2 Å². The van der Waals surface area contributed by atoms with Crippen LogP contribution in [0, 0.1) is 0 Å². The zero-order chi connectivity index (χ0) is 19.1. The number of hydrogen-bond acceptors (Lipinski definition) is 4. The molecule has 5 nitrogen and oxygen atoms in total. The molecule has 5 heteroatoms. The number of carbonyl (C=O) groups is 1. The molecule has 0 spiro atoms. The zero-order valence-electron chi connectivity index (χ0n) is 16.4. The Balaban J connectivity index is 1.95. The van der Waals surface area contributed by atoms with Gasteiger partial charge in [-0.2, -0.15) is 0 Å². The topological polar surface area (TPSA) is 43.7 Å². The largest absolute Gasteiger partial charge is 0.462 e. The van der Waals surface area contributed by atoms with Crippen LogP contribution in [0.3, 0.4) is 0 Å². The maximum Gasteiger partial charge on any atom is 0.340 e. The molecular formula is C22H26N2O3. The van der Waals surface area contributed by atoms with Gasteiger partial charge in [0.15, 0.2) is 0 Å². The molecule has 0 aliphatic carbocycles. The molecule has 0 N–H and O–H groups in total. The predicted molar refractivity (Wildman–Crippen MR) is 109 cm³/mol. The molecule has 2 unspecified atom stereocenters. The van der Waals surface area contributed by atoms with Crippen molar-refractivity contribution in [3.8, 4) is 0 Å². The molecule has 1 saturated heterocycles. The zero-order valence-corrected chi connectivity index (χ0v) is 16.4. The molecule has 4 rings (SSSR count). The average molecular weight is 366 g/mol. The summed E-state index contributed by atoms with van der Waals surface area (Å²) in [5.41, 5.74) is 3.82. The van der Waals surface area contributed by atoms with Crippen LogP contribution >= 0.6 is 0 Å². The Hall–Kier alpha value is -2.53. The Morgan fingerprint density at radius 3 is 2.52 bits per heavy atom. The lowest BCUT2D eigenvalue weighted by molar-refractivity contribution is -0.00534. The highest BCUT2D eigenvalue weighted by molar-refractivity contribution is 6.12. The van der Waals surface area contributed by atoms with Gasteiger partial charge in [0.1, 0.15) is 0 Å². The fourth-order valence-electron chi connectivity index (χ4n) is 4.20. The second kappa shape index (κ2) is 6.89. The number of esters is 1. The predicted octanol–water partition coefficient (Wildman–Crippen LogP) is 4.12. The molecular weight excluding hydrogens is 340 g/mol. The molecule has 2 aromatic carbocycles. The van der Waals surface area contributed by atoms with Crippen LogP contribution in [0.25, 0.3) is 21.8 Å². The van der Waals surface area contributed by atoms with Gasteiger partial charge in [-0.1, -0.05) is 18.2 Å². The minimum atomic E-state index is -0.269. The summed E-state index contributed by atoms with van der Waals surface area (Å²) in [6.45, 7) is 7.86. The minimum absolute atomic E-state index is 0.118. The number of nitrogens with zero attached hydrogens (tertiary/aromatic N) is 2. The summed E-state index contributed by atoms with van der Waals surface area (Å²) >= 11 is 0. The van der Waals surface area contributed by atoms with E-state index in [1.165, 1.54) is 0 Å². The maximum atomic E-state index is 12.8. The Morgan fingerprint density at radius 2 is 1.81 bits per heavy atom. The van der Waals surface area contributed by atoms with Gasteiger partial charge in [-0.25, -0.2) is 4.79 Å². The van der Waals surface area contributed by atoms with Gasteiger partial charge in [-0.15, -0.1) is 0 Å². The summed E-state index contributed by atoms with van der Waals surface area (Å²) in [6, 6.07) is 12.4. The van der Waals surface area contributed by atoms with E-state index in [0.29, 0.717) is 12.2 Å². The van der Waals surface area contributed by atoms with E-state index in [1.54, 1.807) is 0 Å². The van der Waals surface area contributed by atoms with E-state index >= 15 is 0 Å². The van der Waals surface area contributed by atoms with Crippen molar-refractivity contribution in [3.63, 3.8) is 0 Å². The maximum absolute atomic E-state index is 12.8. The number of aryl methyl sites for hydroxylation is 1.